The number of amides is 2. The highest BCUT2D eigenvalue weighted by atomic mass is 35.5. The molecule has 0 fully saturated rings. The van der Waals surface area contributed by atoms with Crippen molar-refractivity contribution in [2.45, 2.75) is 13.0 Å². The van der Waals surface area contributed by atoms with Gasteiger partial charge >= 0.3 is 0 Å². The van der Waals surface area contributed by atoms with Crippen LogP contribution in [0.15, 0.2) is 53.9 Å². The third-order valence-corrected chi connectivity index (χ3v) is 5.03. The number of hydrogen-bond acceptors (Lipinski definition) is 6. The summed E-state index contributed by atoms with van der Waals surface area (Å²) in [5.74, 6) is -1.06. The monoisotopic (exact) mass is 430 g/mol. The molecule has 0 aliphatic heterocycles. The Balaban J connectivity index is 1.64. The molecule has 10 heteroatoms. The quantitative estimate of drug-likeness (QED) is 0.450. The van der Waals surface area contributed by atoms with Gasteiger partial charge in [-0.25, -0.2) is 4.98 Å². The molecule has 1 heterocycles. The Morgan fingerprint density at radius 1 is 1.21 bits per heavy atom. The Morgan fingerprint density at radius 3 is 2.69 bits per heavy atom. The molecule has 2 amide bonds. The molecule has 8 nitrogen and oxygen atoms in total. The van der Waals surface area contributed by atoms with E-state index >= 15 is 0 Å². The van der Waals surface area contributed by atoms with Crippen molar-refractivity contribution in [2.75, 3.05) is 5.32 Å². The number of nitro groups is 1. The smallest absolute Gasteiger partial charge is 0.270 e. The SMILES string of the molecule is CC(NC(=O)c1cccc([N+](=O)[O-])c1)C(=O)Nc1nc(-c2ccccc2Cl)cs1. The molecule has 0 bridgehead atoms. The van der Waals surface area contributed by atoms with Gasteiger partial charge in [-0.1, -0.05) is 35.9 Å². The Kier molecular flexibility index (Phi) is 6.20. The van der Waals surface area contributed by atoms with Crippen LogP contribution in [0.2, 0.25) is 5.02 Å². The first kappa shape index (κ1) is 20.4. The van der Waals surface area contributed by atoms with Gasteiger partial charge in [-0.15, -0.1) is 11.3 Å². The first-order valence-corrected chi connectivity index (χ1v) is 9.67. The van der Waals surface area contributed by atoms with E-state index in [1.54, 1.807) is 11.4 Å². The highest BCUT2D eigenvalue weighted by Crippen LogP contribution is 2.30. The molecule has 2 aromatic carbocycles. The van der Waals surface area contributed by atoms with Crippen LogP contribution in [-0.4, -0.2) is 27.8 Å². The van der Waals surface area contributed by atoms with Gasteiger partial charge in [0.1, 0.15) is 6.04 Å². The third-order valence-electron chi connectivity index (χ3n) is 3.94. The van der Waals surface area contributed by atoms with E-state index in [4.69, 9.17) is 11.6 Å². The van der Waals surface area contributed by atoms with E-state index in [-0.39, 0.29) is 11.3 Å². The molecule has 0 aliphatic carbocycles. The molecular formula is C19H15ClN4O4S. The number of nitro benzene ring substituents is 1. The molecule has 1 unspecified atom stereocenters. The average Bonchev–Trinajstić information content (AvgIpc) is 3.16. The normalized spacial score (nSPS) is 11.5. The van der Waals surface area contributed by atoms with Gasteiger partial charge < -0.3 is 10.6 Å². The van der Waals surface area contributed by atoms with Crippen LogP contribution in [0.5, 0.6) is 0 Å². The summed E-state index contributed by atoms with van der Waals surface area (Å²) in [5.41, 5.74) is 1.26. The van der Waals surface area contributed by atoms with Gasteiger partial charge in [-0.05, 0) is 19.1 Å². The topological polar surface area (TPSA) is 114 Å². The summed E-state index contributed by atoms with van der Waals surface area (Å²) in [6.45, 7) is 1.51. The maximum absolute atomic E-state index is 12.4. The fourth-order valence-electron chi connectivity index (χ4n) is 2.44. The molecule has 3 aromatic rings. The highest BCUT2D eigenvalue weighted by Gasteiger charge is 2.19. The van der Waals surface area contributed by atoms with E-state index < -0.39 is 22.8 Å². The zero-order valence-electron chi connectivity index (χ0n) is 15.1. The number of non-ortho nitro benzene ring substituents is 1. The number of anilines is 1. The van der Waals surface area contributed by atoms with Crippen molar-refractivity contribution in [3.63, 3.8) is 0 Å². The molecule has 0 saturated heterocycles. The van der Waals surface area contributed by atoms with Crippen molar-refractivity contribution < 1.29 is 14.5 Å². The Bertz CT molecular complexity index is 1090. The highest BCUT2D eigenvalue weighted by molar-refractivity contribution is 7.14. The van der Waals surface area contributed by atoms with Crippen molar-refractivity contribution >= 4 is 45.6 Å². The molecule has 2 N–H and O–H groups in total. The number of halogens is 1. The van der Waals surface area contributed by atoms with Gasteiger partial charge in [-0.3, -0.25) is 19.7 Å². The van der Waals surface area contributed by atoms with Crippen LogP contribution >= 0.6 is 22.9 Å². The summed E-state index contributed by atoms with van der Waals surface area (Å²) in [5, 5.41) is 18.7. The second-order valence-electron chi connectivity index (χ2n) is 6.01. The first-order chi connectivity index (χ1) is 13.8. The van der Waals surface area contributed by atoms with Crippen LogP contribution in [0.3, 0.4) is 0 Å². The van der Waals surface area contributed by atoms with E-state index in [0.29, 0.717) is 15.8 Å². The fourth-order valence-corrected chi connectivity index (χ4v) is 3.39. The lowest BCUT2D eigenvalue weighted by molar-refractivity contribution is -0.384. The van der Waals surface area contributed by atoms with E-state index in [1.807, 2.05) is 18.2 Å². The van der Waals surface area contributed by atoms with Crippen molar-refractivity contribution in [3.8, 4) is 11.3 Å². The molecule has 148 valence electrons. The molecule has 29 heavy (non-hydrogen) atoms. The number of thiazole rings is 1. The number of carbonyl (C=O) groups excluding carboxylic acids is 2. The Morgan fingerprint density at radius 2 is 1.97 bits per heavy atom. The third kappa shape index (κ3) is 4.95. The molecule has 3 rings (SSSR count). The zero-order valence-corrected chi connectivity index (χ0v) is 16.7. The number of rotatable bonds is 6. The maximum Gasteiger partial charge on any atom is 0.270 e. The fraction of sp³-hybridized carbons (Fsp3) is 0.105. The molecule has 0 aliphatic rings. The van der Waals surface area contributed by atoms with Crippen molar-refractivity contribution in [1.82, 2.24) is 10.3 Å². The summed E-state index contributed by atoms with van der Waals surface area (Å²) < 4.78 is 0. The standard InChI is InChI=1S/C19H15ClN4O4S/c1-11(21-18(26)12-5-4-6-13(9-12)24(27)28)17(25)23-19-22-16(10-29-19)14-7-2-3-8-15(14)20/h2-11H,1H3,(H,21,26)(H,22,23,25). The predicted octanol–water partition coefficient (Wildman–Crippen LogP) is 4.13. The van der Waals surface area contributed by atoms with Crippen LogP contribution in [0.25, 0.3) is 11.3 Å². The second-order valence-corrected chi connectivity index (χ2v) is 7.27. The minimum absolute atomic E-state index is 0.0918. The molecule has 1 aromatic heterocycles. The first-order valence-electron chi connectivity index (χ1n) is 8.42. The van der Waals surface area contributed by atoms with Gasteiger partial charge in [0.15, 0.2) is 5.13 Å². The van der Waals surface area contributed by atoms with Crippen molar-refractivity contribution in [1.29, 1.82) is 0 Å². The number of aromatic nitrogens is 1. The average molecular weight is 431 g/mol. The van der Waals surface area contributed by atoms with Gasteiger partial charge in [0.2, 0.25) is 5.91 Å². The molecular weight excluding hydrogens is 416 g/mol. The van der Waals surface area contributed by atoms with Crippen LogP contribution in [0.1, 0.15) is 17.3 Å². The minimum Gasteiger partial charge on any atom is -0.341 e. The largest absolute Gasteiger partial charge is 0.341 e. The number of hydrogen-bond donors (Lipinski definition) is 2. The van der Waals surface area contributed by atoms with Crippen LogP contribution < -0.4 is 10.6 Å². The maximum atomic E-state index is 12.4. The lowest BCUT2D eigenvalue weighted by Gasteiger charge is -2.13. The van der Waals surface area contributed by atoms with Crippen LogP contribution in [0.4, 0.5) is 10.8 Å². The molecule has 0 spiro atoms. The minimum atomic E-state index is -0.880. The van der Waals surface area contributed by atoms with Gasteiger partial charge in [0.05, 0.1) is 10.6 Å². The predicted molar refractivity (Wildman–Crippen MR) is 111 cm³/mol. The summed E-state index contributed by atoms with van der Waals surface area (Å²) >= 11 is 7.39. The van der Waals surface area contributed by atoms with Gasteiger partial charge in [0.25, 0.3) is 11.6 Å². The van der Waals surface area contributed by atoms with E-state index in [1.165, 1.54) is 36.5 Å². The van der Waals surface area contributed by atoms with Gasteiger partial charge in [0, 0.05) is 33.7 Å². The van der Waals surface area contributed by atoms with Crippen molar-refractivity contribution in [3.05, 3.63) is 74.6 Å². The Labute approximate surface area is 174 Å². The second kappa shape index (κ2) is 8.80. The van der Waals surface area contributed by atoms with Gasteiger partial charge in [-0.2, -0.15) is 0 Å². The lowest BCUT2D eigenvalue weighted by Crippen LogP contribution is -2.41. The molecule has 1 atom stereocenters. The van der Waals surface area contributed by atoms with E-state index in [0.717, 1.165) is 11.6 Å². The van der Waals surface area contributed by atoms with E-state index in [2.05, 4.69) is 15.6 Å². The van der Waals surface area contributed by atoms with Crippen LogP contribution in [-0.2, 0) is 4.79 Å². The number of nitrogens with zero attached hydrogens (tertiary/aromatic N) is 2. The number of nitrogens with one attached hydrogen (secondary N) is 2. The molecule has 0 radical (unpaired) electrons. The summed E-state index contributed by atoms with van der Waals surface area (Å²) in [6.07, 6.45) is 0. The number of benzene rings is 2. The van der Waals surface area contributed by atoms with Crippen molar-refractivity contribution in [2.24, 2.45) is 0 Å². The Hall–Kier alpha value is -3.30. The zero-order chi connectivity index (χ0) is 21.0. The van der Waals surface area contributed by atoms with E-state index in [9.17, 15) is 19.7 Å². The summed E-state index contributed by atoms with van der Waals surface area (Å²) in [7, 11) is 0. The molecule has 0 saturated carbocycles. The summed E-state index contributed by atoms with van der Waals surface area (Å²) in [6, 6.07) is 11.6. The lowest BCUT2D eigenvalue weighted by atomic mass is 10.1. The summed E-state index contributed by atoms with van der Waals surface area (Å²) in [4.78, 5) is 39.2. The van der Waals surface area contributed by atoms with Crippen LogP contribution in [0, 0.1) is 10.1 Å². The number of carbonyl (C=O) groups is 2.